The van der Waals surface area contributed by atoms with Gasteiger partial charge in [-0.25, -0.2) is 4.39 Å². The molecule has 0 spiro atoms. The summed E-state index contributed by atoms with van der Waals surface area (Å²) in [5.74, 6) is 0.379. The molecule has 0 bridgehead atoms. The standard InChI is InChI=1S/C16H15FN2O/c1-16(11-18,12-6-8-13(17)9-7-12)19-14-4-3-5-15(10-14)20-2/h3-10,19H,1-2H3. The molecule has 0 heterocycles. The van der Waals surface area contributed by atoms with E-state index in [1.807, 2.05) is 18.2 Å². The highest BCUT2D eigenvalue weighted by Crippen LogP contribution is 2.27. The van der Waals surface area contributed by atoms with Crippen molar-refractivity contribution in [2.45, 2.75) is 12.5 Å². The molecule has 1 unspecified atom stereocenters. The Morgan fingerprint density at radius 3 is 2.50 bits per heavy atom. The van der Waals surface area contributed by atoms with Gasteiger partial charge in [-0.05, 0) is 36.8 Å². The van der Waals surface area contributed by atoms with E-state index >= 15 is 0 Å². The number of rotatable bonds is 4. The summed E-state index contributed by atoms with van der Waals surface area (Å²) >= 11 is 0. The third-order valence-corrected chi connectivity index (χ3v) is 3.11. The lowest BCUT2D eigenvalue weighted by Gasteiger charge is -2.25. The van der Waals surface area contributed by atoms with Gasteiger partial charge in [0.15, 0.2) is 0 Å². The Labute approximate surface area is 117 Å². The van der Waals surface area contributed by atoms with Gasteiger partial charge in [-0.15, -0.1) is 0 Å². The van der Waals surface area contributed by atoms with E-state index in [4.69, 9.17) is 4.74 Å². The lowest BCUT2D eigenvalue weighted by atomic mass is 9.93. The second kappa shape index (κ2) is 5.62. The molecular weight excluding hydrogens is 255 g/mol. The van der Waals surface area contributed by atoms with Crippen LogP contribution in [0.5, 0.6) is 5.75 Å². The van der Waals surface area contributed by atoms with Crippen molar-refractivity contribution in [2.24, 2.45) is 0 Å². The number of hydrogen-bond acceptors (Lipinski definition) is 3. The Bertz CT molecular complexity index is 634. The van der Waals surface area contributed by atoms with Crippen molar-refractivity contribution >= 4 is 5.69 Å². The van der Waals surface area contributed by atoms with Gasteiger partial charge in [0.25, 0.3) is 0 Å². The van der Waals surface area contributed by atoms with Gasteiger partial charge >= 0.3 is 0 Å². The van der Waals surface area contributed by atoms with Crippen molar-refractivity contribution in [2.75, 3.05) is 12.4 Å². The molecule has 1 N–H and O–H groups in total. The quantitative estimate of drug-likeness (QED) is 0.921. The molecule has 2 aromatic rings. The molecule has 0 amide bonds. The molecule has 0 aliphatic carbocycles. The van der Waals surface area contributed by atoms with Crippen LogP contribution in [0.15, 0.2) is 48.5 Å². The first kappa shape index (κ1) is 13.9. The molecule has 102 valence electrons. The minimum Gasteiger partial charge on any atom is -0.497 e. The van der Waals surface area contributed by atoms with Gasteiger partial charge in [-0.1, -0.05) is 18.2 Å². The van der Waals surface area contributed by atoms with Crippen molar-refractivity contribution in [3.8, 4) is 11.8 Å². The van der Waals surface area contributed by atoms with Gasteiger partial charge < -0.3 is 10.1 Å². The number of nitrogens with zero attached hydrogens (tertiary/aromatic N) is 1. The monoisotopic (exact) mass is 270 g/mol. The summed E-state index contributed by atoms with van der Waals surface area (Å²) in [6.45, 7) is 1.75. The van der Waals surface area contributed by atoms with E-state index < -0.39 is 5.54 Å². The molecule has 1 atom stereocenters. The average molecular weight is 270 g/mol. The van der Waals surface area contributed by atoms with Crippen LogP contribution >= 0.6 is 0 Å². The van der Waals surface area contributed by atoms with E-state index in [0.29, 0.717) is 11.3 Å². The highest BCUT2D eigenvalue weighted by atomic mass is 19.1. The van der Waals surface area contributed by atoms with Crippen LogP contribution in [0.2, 0.25) is 0 Å². The van der Waals surface area contributed by atoms with Crippen molar-refractivity contribution in [3.05, 3.63) is 59.9 Å². The second-order valence-electron chi connectivity index (χ2n) is 4.60. The van der Waals surface area contributed by atoms with Gasteiger partial charge in [0.1, 0.15) is 17.1 Å². The van der Waals surface area contributed by atoms with Crippen LogP contribution < -0.4 is 10.1 Å². The lowest BCUT2D eigenvalue weighted by molar-refractivity contribution is 0.415. The second-order valence-corrected chi connectivity index (χ2v) is 4.60. The molecule has 0 aromatic heterocycles. The summed E-state index contributed by atoms with van der Waals surface area (Å²) in [6, 6.07) is 15.4. The summed E-state index contributed by atoms with van der Waals surface area (Å²) in [5.41, 5.74) is 0.516. The maximum absolute atomic E-state index is 13.0. The molecule has 3 nitrogen and oxygen atoms in total. The van der Waals surface area contributed by atoms with Crippen LogP contribution in [0.1, 0.15) is 12.5 Å². The molecule has 4 heteroatoms. The zero-order valence-electron chi connectivity index (χ0n) is 11.4. The van der Waals surface area contributed by atoms with E-state index in [9.17, 15) is 9.65 Å². The number of benzene rings is 2. The fourth-order valence-electron chi connectivity index (χ4n) is 1.94. The molecule has 0 fully saturated rings. The molecule has 0 aliphatic heterocycles. The maximum atomic E-state index is 13.0. The minimum atomic E-state index is -0.944. The minimum absolute atomic E-state index is 0.324. The third kappa shape index (κ3) is 2.89. The number of nitrogens with one attached hydrogen (secondary N) is 1. The molecule has 0 saturated heterocycles. The number of anilines is 1. The molecule has 0 saturated carbocycles. The van der Waals surface area contributed by atoms with Crippen molar-refractivity contribution < 1.29 is 9.13 Å². The number of nitriles is 1. The first-order chi connectivity index (χ1) is 9.57. The van der Waals surface area contributed by atoms with Crippen LogP contribution in [0.25, 0.3) is 0 Å². The van der Waals surface area contributed by atoms with E-state index in [0.717, 1.165) is 5.69 Å². The lowest BCUT2D eigenvalue weighted by Crippen LogP contribution is -2.29. The Kier molecular flexibility index (Phi) is 3.90. The predicted octanol–water partition coefficient (Wildman–Crippen LogP) is 3.69. The van der Waals surface area contributed by atoms with E-state index in [1.165, 1.54) is 12.1 Å². The van der Waals surface area contributed by atoms with Gasteiger partial charge in [0, 0.05) is 11.8 Å². The van der Waals surface area contributed by atoms with E-state index in [1.54, 1.807) is 32.2 Å². The Balaban J connectivity index is 2.31. The number of hydrogen-bond donors (Lipinski definition) is 1. The first-order valence-corrected chi connectivity index (χ1v) is 6.17. The van der Waals surface area contributed by atoms with Crippen LogP contribution in [0, 0.1) is 17.1 Å². The fraction of sp³-hybridized carbons (Fsp3) is 0.188. The zero-order chi connectivity index (χ0) is 14.6. The zero-order valence-corrected chi connectivity index (χ0v) is 11.4. The van der Waals surface area contributed by atoms with Crippen LogP contribution in [0.3, 0.4) is 0 Å². The number of methoxy groups -OCH3 is 1. The molecule has 0 radical (unpaired) electrons. The summed E-state index contributed by atoms with van der Waals surface area (Å²) in [4.78, 5) is 0. The summed E-state index contributed by atoms with van der Waals surface area (Å²) in [5, 5.41) is 12.6. The Morgan fingerprint density at radius 2 is 1.90 bits per heavy atom. The molecule has 0 aliphatic rings. The van der Waals surface area contributed by atoms with Crippen molar-refractivity contribution in [1.29, 1.82) is 5.26 Å². The molecule has 2 rings (SSSR count). The molecular formula is C16H15FN2O. The smallest absolute Gasteiger partial charge is 0.148 e. The molecule has 20 heavy (non-hydrogen) atoms. The first-order valence-electron chi connectivity index (χ1n) is 6.17. The predicted molar refractivity (Wildman–Crippen MR) is 76.0 cm³/mol. The summed E-state index contributed by atoms with van der Waals surface area (Å²) in [7, 11) is 1.59. The Hall–Kier alpha value is -2.54. The fourth-order valence-corrected chi connectivity index (χ4v) is 1.94. The number of halogens is 1. The average Bonchev–Trinajstić information content (AvgIpc) is 2.48. The third-order valence-electron chi connectivity index (χ3n) is 3.11. The highest BCUT2D eigenvalue weighted by Gasteiger charge is 2.26. The summed E-state index contributed by atoms with van der Waals surface area (Å²) < 4.78 is 18.1. The molecule has 2 aromatic carbocycles. The maximum Gasteiger partial charge on any atom is 0.148 e. The largest absolute Gasteiger partial charge is 0.497 e. The van der Waals surface area contributed by atoms with Crippen LogP contribution in [-0.4, -0.2) is 7.11 Å². The topological polar surface area (TPSA) is 45.0 Å². The van der Waals surface area contributed by atoms with Gasteiger partial charge in [-0.3, -0.25) is 0 Å². The van der Waals surface area contributed by atoms with Crippen LogP contribution in [0.4, 0.5) is 10.1 Å². The SMILES string of the molecule is COc1cccc(NC(C)(C#N)c2ccc(F)cc2)c1. The van der Waals surface area contributed by atoms with Crippen molar-refractivity contribution in [3.63, 3.8) is 0 Å². The van der Waals surface area contributed by atoms with Crippen molar-refractivity contribution in [1.82, 2.24) is 0 Å². The van der Waals surface area contributed by atoms with E-state index in [-0.39, 0.29) is 5.82 Å². The number of ether oxygens (including phenoxy) is 1. The van der Waals surface area contributed by atoms with Crippen LogP contribution in [-0.2, 0) is 5.54 Å². The van der Waals surface area contributed by atoms with Gasteiger partial charge in [0.05, 0.1) is 13.2 Å². The Morgan fingerprint density at radius 1 is 1.20 bits per heavy atom. The van der Waals surface area contributed by atoms with Gasteiger partial charge in [0.2, 0.25) is 0 Å². The normalized spacial score (nSPS) is 13.1. The highest BCUT2D eigenvalue weighted by molar-refractivity contribution is 5.53. The summed E-state index contributed by atoms with van der Waals surface area (Å²) in [6.07, 6.45) is 0. The van der Waals surface area contributed by atoms with E-state index in [2.05, 4.69) is 11.4 Å². The van der Waals surface area contributed by atoms with Gasteiger partial charge in [-0.2, -0.15) is 5.26 Å².